The van der Waals surface area contributed by atoms with Gasteiger partial charge in [-0.3, -0.25) is 0 Å². The zero-order valence-corrected chi connectivity index (χ0v) is 23.2. The average Bonchev–Trinajstić information content (AvgIpc) is 3.56. The number of nitrogens with zero attached hydrogens (tertiary/aromatic N) is 4. The van der Waals surface area contributed by atoms with Gasteiger partial charge in [0.25, 0.3) is 0 Å². The standard InChI is InChI=1S/C31H26ClF4N5/c1-3-6-17-8-5-7-16(4-2)27(17)41-29-19-9-10-21(32)26-24(19)20(15-37-26)28-25(29)23(39-41)11-12-40(28)30-22(33)13-18(14-38-30)31(34,35)36/h5,7-10,13-15,28,37H,3-4,6,11-12H2,1-2H3. The van der Waals surface area contributed by atoms with E-state index in [-0.39, 0.29) is 5.82 Å². The van der Waals surface area contributed by atoms with Gasteiger partial charge in [0.1, 0.15) is 0 Å². The number of hydrogen-bond acceptors (Lipinski definition) is 3. The van der Waals surface area contributed by atoms with E-state index in [1.807, 2.05) is 23.0 Å². The minimum atomic E-state index is -4.69. The summed E-state index contributed by atoms with van der Waals surface area (Å²) in [4.78, 5) is 9.07. The summed E-state index contributed by atoms with van der Waals surface area (Å²) in [5.74, 6) is -1.13. The minimum Gasteiger partial charge on any atom is -0.360 e. The molecule has 1 N–H and O–H groups in total. The molecule has 0 amide bonds. The van der Waals surface area contributed by atoms with Crippen molar-refractivity contribution >= 4 is 28.3 Å². The van der Waals surface area contributed by atoms with Crippen LogP contribution in [0.4, 0.5) is 23.4 Å². The first kappa shape index (κ1) is 26.1. The van der Waals surface area contributed by atoms with Crippen LogP contribution in [0.1, 0.15) is 59.8 Å². The van der Waals surface area contributed by atoms with Crippen molar-refractivity contribution in [2.75, 3.05) is 11.4 Å². The van der Waals surface area contributed by atoms with Crippen molar-refractivity contribution in [3.63, 3.8) is 0 Å². The molecule has 3 aromatic heterocycles. The predicted molar refractivity (Wildman–Crippen MR) is 151 cm³/mol. The van der Waals surface area contributed by atoms with Gasteiger partial charge in [-0.05, 0) is 36.1 Å². The van der Waals surface area contributed by atoms with E-state index in [1.54, 1.807) is 4.90 Å². The Kier molecular flexibility index (Phi) is 5.94. The molecular formula is C31H26ClF4N5. The number of rotatable bonds is 5. The summed E-state index contributed by atoms with van der Waals surface area (Å²) in [5, 5.41) is 6.63. The van der Waals surface area contributed by atoms with Crippen LogP contribution in [0.25, 0.3) is 27.8 Å². The van der Waals surface area contributed by atoms with Crippen LogP contribution < -0.4 is 4.90 Å². The number of aryl methyl sites for hydroxylation is 2. The highest BCUT2D eigenvalue weighted by molar-refractivity contribution is 6.36. The van der Waals surface area contributed by atoms with Gasteiger partial charge in [-0.15, -0.1) is 0 Å². The number of benzene rings is 2. The Morgan fingerprint density at radius 3 is 2.66 bits per heavy atom. The van der Waals surface area contributed by atoms with Crippen LogP contribution in [0.2, 0.25) is 5.02 Å². The Balaban J connectivity index is 1.52. The fraction of sp³-hybridized carbons (Fsp3) is 0.290. The first-order valence-electron chi connectivity index (χ1n) is 13.7. The summed E-state index contributed by atoms with van der Waals surface area (Å²) < 4.78 is 57.4. The number of H-pyrrole nitrogens is 1. The van der Waals surface area contributed by atoms with E-state index in [1.165, 1.54) is 11.1 Å². The SMILES string of the molecule is CCCc1cccc(CC)c1-n1nc2c3c1-c1ccc(Cl)c4[nH]cc(c14)C3N(c1ncc(C(F)(F)F)cc1F)CC2. The van der Waals surface area contributed by atoms with Gasteiger partial charge in [0, 0.05) is 47.4 Å². The van der Waals surface area contributed by atoms with Crippen LogP contribution in [-0.2, 0) is 25.4 Å². The highest BCUT2D eigenvalue weighted by Crippen LogP contribution is 2.52. The fourth-order valence-electron chi connectivity index (χ4n) is 6.55. The maximum absolute atomic E-state index is 15.4. The first-order valence-corrected chi connectivity index (χ1v) is 14.1. The molecule has 0 bridgehead atoms. The molecule has 1 aliphatic carbocycles. The van der Waals surface area contributed by atoms with E-state index in [0.717, 1.165) is 63.9 Å². The molecule has 2 aliphatic rings. The van der Waals surface area contributed by atoms with Crippen molar-refractivity contribution in [1.29, 1.82) is 0 Å². The molecule has 1 unspecified atom stereocenters. The summed E-state index contributed by atoms with van der Waals surface area (Å²) in [6.07, 6.45) is 1.03. The normalized spacial score (nSPS) is 16.0. The summed E-state index contributed by atoms with van der Waals surface area (Å²) in [6, 6.07) is 10.2. The Morgan fingerprint density at radius 2 is 1.93 bits per heavy atom. The smallest absolute Gasteiger partial charge is 0.360 e. The van der Waals surface area contributed by atoms with Crippen molar-refractivity contribution in [2.24, 2.45) is 0 Å². The second-order valence-corrected chi connectivity index (χ2v) is 11.0. The molecule has 0 radical (unpaired) electrons. The molecule has 5 nitrogen and oxygen atoms in total. The average molecular weight is 580 g/mol. The second kappa shape index (κ2) is 9.34. The fourth-order valence-corrected chi connectivity index (χ4v) is 6.77. The first-order chi connectivity index (χ1) is 19.7. The van der Waals surface area contributed by atoms with Crippen LogP contribution >= 0.6 is 11.6 Å². The van der Waals surface area contributed by atoms with E-state index in [2.05, 4.69) is 42.0 Å². The van der Waals surface area contributed by atoms with Gasteiger partial charge >= 0.3 is 6.18 Å². The number of fused-ring (bicyclic) bond motifs is 2. The molecule has 0 saturated heterocycles. The Bertz CT molecular complexity index is 1840. The van der Waals surface area contributed by atoms with Crippen LogP contribution in [-0.4, -0.2) is 26.3 Å². The van der Waals surface area contributed by atoms with Crippen molar-refractivity contribution in [2.45, 2.75) is 51.7 Å². The molecule has 0 saturated carbocycles. The van der Waals surface area contributed by atoms with Crippen LogP contribution in [0.15, 0.2) is 48.8 Å². The lowest BCUT2D eigenvalue weighted by atomic mass is 9.82. The number of aromatic nitrogens is 4. The molecule has 210 valence electrons. The molecule has 2 aromatic carbocycles. The third-order valence-corrected chi connectivity index (χ3v) is 8.59. The second-order valence-electron chi connectivity index (χ2n) is 10.6. The number of para-hydroxylation sites is 1. The predicted octanol–water partition coefficient (Wildman–Crippen LogP) is 8.21. The van der Waals surface area contributed by atoms with Gasteiger partial charge in [-0.2, -0.15) is 18.3 Å². The summed E-state index contributed by atoms with van der Waals surface area (Å²) in [7, 11) is 0. The Labute approximate surface area is 238 Å². The van der Waals surface area contributed by atoms with Crippen molar-refractivity contribution in [1.82, 2.24) is 19.7 Å². The highest BCUT2D eigenvalue weighted by atomic mass is 35.5. The van der Waals surface area contributed by atoms with E-state index in [4.69, 9.17) is 16.7 Å². The monoisotopic (exact) mass is 579 g/mol. The van der Waals surface area contributed by atoms with Gasteiger partial charge in [-0.1, -0.05) is 56.1 Å². The summed E-state index contributed by atoms with van der Waals surface area (Å²) >= 11 is 6.62. The molecule has 7 rings (SSSR count). The topological polar surface area (TPSA) is 49.7 Å². The van der Waals surface area contributed by atoms with Crippen molar-refractivity contribution in [3.8, 4) is 16.9 Å². The summed E-state index contributed by atoms with van der Waals surface area (Å²) in [6.45, 7) is 4.61. The number of pyridine rings is 1. The zero-order chi connectivity index (χ0) is 28.6. The molecule has 1 atom stereocenters. The van der Waals surface area contributed by atoms with E-state index < -0.39 is 23.6 Å². The molecular weight excluding hydrogens is 554 g/mol. The van der Waals surface area contributed by atoms with E-state index in [9.17, 15) is 13.2 Å². The third kappa shape index (κ3) is 3.81. The largest absolute Gasteiger partial charge is 0.417 e. The van der Waals surface area contributed by atoms with Crippen LogP contribution in [0, 0.1) is 5.82 Å². The van der Waals surface area contributed by atoms with Gasteiger partial charge < -0.3 is 9.88 Å². The van der Waals surface area contributed by atoms with Crippen LogP contribution in [0.3, 0.4) is 0 Å². The molecule has 5 aromatic rings. The van der Waals surface area contributed by atoms with E-state index in [0.29, 0.717) is 30.3 Å². The molecule has 4 heterocycles. The van der Waals surface area contributed by atoms with Gasteiger partial charge in [0.15, 0.2) is 11.6 Å². The maximum Gasteiger partial charge on any atom is 0.417 e. The molecule has 10 heteroatoms. The zero-order valence-electron chi connectivity index (χ0n) is 22.4. The minimum absolute atomic E-state index is 0.118. The molecule has 0 spiro atoms. The lowest BCUT2D eigenvalue weighted by molar-refractivity contribution is -0.138. The van der Waals surface area contributed by atoms with Gasteiger partial charge in [0.2, 0.25) is 0 Å². The number of anilines is 1. The lowest BCUT2D eigenvalue weighted by Gasteiger charge is -2.39. The van der Waals surface area contributed by atoms with Crippen molar-refractivity contribution < 1.29 is 17.6 Å². The molecule has 1 aliphatic heterocycles. The Hall–Kier alpha value is -3.85. The lowest BCUT2D eigenvalue weighted by Crippen LogP contribution is -2.38. The number of hydrogen-bond donors (Lipinski definition) is 1. The quantitative estimate of drug-likeness (QED) is 0.213. The summed E-state index contributed by atoms with van der Waals surface area (Å²) in [5.41, 5.74) is 7.57. The number of halogens is 5. The number of aromatic amines is 1. The maximum atomic E-state index is 15.4. The molecule has 0 fully saturated rings. The number of nitrogens with one attached hydrogen (secondary N) is 1. The third-order valence-electron chi connectivity index (χ3n) is 8.27. The van der Waals surface area contributed by atoms with Gasteiger partial charge in [-0.25, -0.2) is 14.1 Å². The highest BCUT2D eigenvalue weighted by Gasteiger charge is 2.43. The molecule has 41 heavy (non-hydrogen) atoms. The van der Waals surface area contributed by atoms with Crippen LogP contribution in [0.5, 0.6) is 0 Å². The van der Waals surface area contributed by atoms with E-state index >= 15 is 4.39 Å². The van der Waals surface area contributed by atoms with Crippen molar-refractivity contribution in [3.05, 3.63) is 93.1 Å². The van der Waals surface area contributed by atoms with Gasteiger partial charge in [0.05, 0.1) is 39.2 Å². The Morgan fingerprint density at radius 1 is 1.12 bits per heavy atom. The number of alkyl halides is 3.